The fourth-order valence-electron chi connectivity index (χ4n) is 2.11. The zero-order valence-electron chi connectivity index (χ0n) is 13.6. The summed E-state index contributed by atoms with van der Waals surface area (Å²) < 4.78 is 0. The molecule has 0 aliphatic heterocycles. The molecule has 0 heterocycles. The van der Waals surface area contributed by atoms with E-state index in [9.17, 15) is 14.7 Å². The van der Waals surface area contributed by atoms with Gasteiger partial charge in [-0.05, 0) is 42.8 Å². The number of amides is 2. The standard InChI is InChI=1S/C18H18Cl2N2O3/c1-2-3-4-16(23)21-12-7-5-11(6-8-12)18(25)22-13-9-14(19)17(24)15(20)10-13/h5-10,24H,2-4H2,1H3,(H,21,23)(H,22,25). The molecule has 0 aromatic heterocycles. The van der Waals surface area contributed by atoms with Crippen LogP contribution in [-0.4, -0.2) is 16.9 Å². The number of anilines is 2. The highest BCUT2D eigenvalue weighted by molar-refractivity contribution is 6.37. The van der Waals surface area contributed by atoms with Crippen LogP contribution in [0.5, 0.6) is 5.75 Å². The van der Waals surface area contributed by atoms with E-state index in [4.69, 9.17) is 23.2 Å². The van der Waals surface area contributed by atoms with Crippen molar-refractivity contribution in [1.29, 1.82) is 0 Å². The lowest BCUT2D eigenvalue weighted by Gasteiger charge is -2.09. The Hall–Kier alpha value is -2.24. The second-order valence-electron chi connectivity index (χ2n) is 5.47. The van der Waals surface area contributed by atoms with E-state index in [0.29, 0.717) is 23.4 Å². The summed E-state index contributed by atoms with van der Waals surface area (Å²) in [5, 5.41) is 15.1. The number of rotatable bonds is 6. The molecule has 0 saturated carbocycles. The van der Waals surface area contributed by atoms with Crippen LogP contribution in [0.2, 0.25) is 10.0 Å². The van der Waals surface area contributed by atoms with Gasteiger partial charge >= 0.3 is 0 Å². The Morgan fingerprint density at radius 1 is 1.00 bits per heavy atom. The Morgan fingerprint density at radius 2 is 1.60 bits per heavy atom. The first kappa shape index (κ1) is 19.1. The van der Waals surface area contributed by atoms with E-state index in [1.54, 1.807) is 24.3 Å². The molecule has 2 aromatic carbocycles. The molecule has 2 rings (SSSR count). The van der Waals surface area contributed by atoms with Crippen molar-refractivity contribution in [2.75, 3.05) is 10.6 Å². The Balaban J connectivity index is 2.02. The van der Waals surface area contributed by atoms with Crippen LogP contribution >= 0.6 is 23.2 Å². The largest absolute Gasteiger partial charge is 0.505 e. The molecule has 0 aliphatic carbocycles. The van der Waals surface area contributed by atoms with Gasteiger partial charge in [-0.3, -0.25) is 9.59 Å². The average molecular weight is 381 g/mol. The molecule has 0 saturated heterocycles. The number of aromatic hydroxyl groups is 1. The number of hydrogen-bond acceptors (Lipinski definition) is 3. The van der Waals surface area contributed by atoms with E-state index in [0.717, 1.165) is 12.8 Å². The average Bonchev–Trinajstić information content (AvgIpc) is 2.58. The molecule has 25 heavy (non-hydrogen) atoms. The summed E-state index contributed by atoms with van der Waals surface area (Å²) in [6.45, 7) is 2.02. The summed E-state index contributed by atoms with van der Waals surface area (Å²) >= 11 is 11.7. The minimum Gasteiger partial charge on any atom is -0.505 e. The number of benzene rings is 2. The Morgan fingerprint density at radius 3 is 2.16 bits per heavy atom. The molecule has 132 valence electrons. The third kappa shape index (κ3) is 5.37. The van der Waals surface area contributed by atoms with Crippen molar-refractivity contribution in [3.05, 3.63) is 52.0 Å². The Labute approximate surface area is 156 Å². The van der Waals surface area contributed by atoms with Gasteiger partial charge in [0.25, 0.3) is 5.91 Å². The summed E-state index contributed by atoms with van der Waals surface area (Å²) in [4.78, 5) is 23.9. The van der Waals surface area contributed by atoms with Gasteiger partial charge in [0.05, 0.1) is 10.0 Å². The molecule has 0 radical (unpaired) electrons. The van der Waals surface area contributed by atoms with Gasteiger partial charge in [-0.1, -0.05) is 36.5 Å². The molecule has 2 amide bonds. The highest BCUT2D eigenvalue weighted by atomic mass is 35.5. The van der Waals surface area contributed by atoms with Gasteiger partial charge in [0.2, 0.25) is 5.91 Å². The van der Waals surface area contributed by atoms with Crippen molar-refractivity contribution in [2.45, 2.75) is 26.2 Å². The molecule has 3 N–H and O–H groups in total. The minimum absolute atomic E-state index is 0.0487. The fraction of sp³-hybridized carbons (Fsp3) is 0.222. The van der Waals surface area contributed by atoms with Gasteiger partial charge in [0, 0.05) is 23.4 Å². The number of carbonyl (C=O) groups is 2. The summed E-state index contributed by atoms with van der Waals surface area (Å²) in [7, 11) is 0. The lowest BCUT2D eigenvalue weighted by molar-refractivity contribution is -0.116. The first-order valence-electron chi connectivity index (χ1n) is 7.80. The van der Waals surface area contributed by atoms with Crippen LogP contribution in [0.3, 0.4) is 0 Å². The van der Waals surface area contributed by atoms with Gasteiger partial charge in [-0.15, -0.1) is 0 Å². The Bertz CT molecular complexity index is 753. The summed E-state index contributed by atoms with van der Waals surface area (Å²) in [6.07, 6.45) is 2.27. The van der Waals surface area contributed by atoms with Crippen LogP contribution in [0.25, 0.3) is 0 Å². The van der Waals surface area contributed by atoms with E-state index in [-0.39, 0.29) is 27.6 Å². The molecule has 7 heteroatoms. The van der Waals surface area contributed by atoms with E-state index in [2.05, 4.69) is 10.6 Å². The van der Waals surface area contributed by atoms with Crippen molar-refractivity contribution in [3.8, 4) is 5.75 Å². The number of carbonyl (C=O) groups excluding carboxylic acids is 2. The third-order valence-electron chi connectivity index (χ3n) is 3.46. The maximum absolute atomic E-state index is 12.2. The first-order chi connectivity index (χ1) is 11.9. The van der Waals surface area contributed by atoms with Gasteiger partial charge in [-0.25, -0.2) is 0 Å². The first-order valence-corrected chi connectivity index (χ1v) is 8.55. The molecule has 0 spiro atoms. The van der Waals surface area contributed by atoms with Gasteiger partial charge < -0.3 is 15.7 Å². The van der Waals surface area contributed by atoms with E-state index in [1.165, 1.54) is 12.1 Å². The Kier molecular flexibility index (Phi) is 6.67. The molecular formula is C18H18Cl2N2O3. The van der Waals surface area contributed by atoms with Crippen molar-refractivity contribution in [3.63, 3.8) is 0 Å². The number of nitrogens with one attached hydrogen (secondary N) is 2. The summed E-state index contributed by atoms with van der Waals surface area (Å²) in [5.41, 5.74) is 1.41. The monoisotopic (exact) mass is 380 g/mol. The summed E-state index contributed by atoms with van der Waals surface area (Å²) in [5.74, 6) is -0.640. The van der Waals surface area contributed by atoms with Crippen molar-refractivity contribution >= 4 is 46.4 Å². The lowest BCUT2D eigenvalue weighted by atomic mass is 10.1. The van der Waals surface area contributed by atoms with Gasteiger partial charge in [-0.2, -0.15) is 0 Å². The number of hydrogen-bond donors (Lipinski definition) is 3. The lowest BCUT2D eigenvalue weighted by Crippen LogP contribution is -2.13. The topological polar surface area (TPSA) is 78.4 Å². The number of phenolic OH excluding ortho intramolecular Hbond substituents is 1. The smallest absolute Gasteiger partial charge is 0.255 e. The highest BCUT2D eigenvalue weighted by Crippen LogP contribution is 2.34. The predicted octanol–water partition coefficient (Wildman–Crippen LogP) is 5.08. The van der Waals surface area contributed by atoms with Crippen molar-refractivity contribution in [1.82, 2.24) is 0 Å². The van der Waals surface area contributed by atoms with Crippen molar-refractivity contribution in [2.24, 2.45) is 0 Å². The van der Waals surface area contributed by atoms with Gasteiger partial charge in [0.15, 0.2) is 5.75 Å². The van der Waals surface area contributed by atoms with Crippen molar-refractivity contribution < 1.29 is 14.7 Å². The second-order valence-corrected chi connectivity index (χ2v) is 6.29. The quantitative estimate of drug-likeness (QED) is 0.611. The molecule has 0 fully saturated rings. The van der Waals surface area contributed by atoms with Crippen LogP contribution in [0.1, 0.15) is 36.5 Å². The van der Waals surface area contributed by atoms with Crippen LogP contribution in [0.4, 0.5) is 11.4 Å². The highest BCUT2D eigenvalue weighted by Gasteiger charge is 2.11. The maximum Gasteiger partial charge on any atom is 0.255 e. The molecule has 0 unspecified atom stereocenters. The number of unbranched alkanes of at least 4 members (excludes halogenated alkanes) is 1. The number of phenols is 1. The van der Waals surface area contributed by atoms with E-state index in [1.807, 2.05) is 6.92 Å². The fourth-order valence-corrected chi connectivity index (χ4v) is 2.59. The van der Waals surface area contributed by atoms with Crippen LogP contribution in [0, 0.1) is 0 Å². The SMILES string of the molecule is CCCCC(=O)Nc1ccc(C(=O)Nc2cc(Cl)c(O)c(Cl)c2)cc1. The third-order valence-corrected chi connectivity index (χ3v) is 4.04. The molecule has 0 aliphatic rings. The number of halogens is 2. The second kappa shape index (κ2) is 8.74. The molecule has 2 aromatic rings. The van der Waals surface area contributed by atoms with E-state index >= 15 is 0 Å². The normalized spacial score (nSPS) is 10.4. The van der Waals surface area contributed by atoms with Crippen LogP contribution in [0.15, 0.2) is 36.4 Å². The zero-order chi connectivity index (χ0) is 18.4. The van der Waals surface area contributed by atoms with E-state index < -0.39 is 0 Å². The maximum atomic E-state index is 12.2. The minimum atomic E-state index is -0.360. The predicted molar refractivity (Wildman–Crippen MR) is 101 cm³/mol. The summed E-state index contributed by atoms with van der Waals surface area (Å²) in [6, 6.07) is 9.35. The van der Waals surface area contributed by atoms with Crippen LogP contribution < -0.4 is 10.6 Å². The van der Waals surface area contributed by atoms with Gasteiger partial charge in [0.1, 0.15) is 0 Å². The van der Waals surface area contributed by atoms with Crippen LogP contribution in [-0.2, 0) is 4.79 Å². The zero-order valence-corrected chi connectivity index (χ0v) is 15.1. The molecule has 5 nitrogen and oxygen atoms in total. The molecule has 0 bridgehead atoms. The molecular weight excluding hydrogens is 363 g/mol. The molecule has 0 atom stereocenters.